The lowest BCUT2D eigenvalue weighted by atomic mass is 9.98. The molecule has 0 heterocycles. The molecule has 0 saturated carbocycles. The van der Waals surface area contributed by atoms with Crippen molar-refractivity contribution in [3.05, 3.63) is 65.0 Å². The molecule has 2 aromatic rings. The lowest BCUT2D eigenvalue weighted by Crippen LogP contribution is -2.23. The molecule has 5 heteroatoms. The van der Waals surface area contributed by atoms with Crippen LogP contribution in [0.2, 0.25) is 0 Å². The number of aromatic hydroxyl groups is 1. The molecule has 0 bridgehead atoms. The van der Waals surface area contributed by atoms with Gasteiger partial charge in [0.25, 0.3) is 0 Å². The molecule has 112 valence electrons. The molecule has 2 N–H and O–H groups in total. The summed E-state index contributed by atoms with van der Waals surface area (Å²) in [5.74, 6) is -3.70. The maximum Gasteiger partial charge on any atom is 0.194 e. The average Bonchev–Trinajstić information content (AvgIpc) is 2.46. The summed E-state index contributed by atoms with van der Waals surface area (Å²) in [4.78, 5) is 0. The van der Waals surface area contributed by atoms with E-state index in [-0.39, 0.29) is 11.8 Å². The van der Waals surface area contributed by atoms with Crippen LogP contribution in [0.1, 0.15) is 24.1 Å². The molecule has 0 aliphatic rings. The fourth-order valence-electron chi connectivity index (χ4n) is 2.20. The van der Waals surface area contributed by atoms with Gasteiger partial charge in [0.2, 0.25) is 0 Å². The predicted molar refractivity (Wildman–Crippen MR) is 74.5 cm³/mol. The Balaban J connectivity index is 2.28. The molecule has 0 saturated heterocycles. The second-order valence-electron chi connectivity index (χ2n) is 4.78. The highest BCUT2D eigenvalue weighted by molar-refractivity contribution is 5.29. The minimum atomic E-state index is -1.46. The van der Waals surface area contributed by atoms with E-state index in [2.05, 4.69) is 5.32 Å². The Kier molecular flexibility index (Phi) is 4.85. The molecule has 2 aromatic carbocycles. The van der Waals surface area contributed by atoms with Crippen molar-refractivity contribution in [3.63, 3.8) is 0 Å². The molecule has 2 nitrogen and oxygen atoms in total. The lowest BCUT2D eigenvalue weighted by Gasteiger charge is -2.19. The van der Waals surface area contributed by atoms with E-state index in [1.807, 2.05) is 6.92 Å². The van der Waals surface area contributed by atoms with Crippen molar-refractivity contribution in [2.75, 3.05) is 6.54 Å². The van der Waals surface area contributed by atoms with Gasteiger partial charge in [0.15, 0.2) is 17.5 Å². The average molecular weight is 295 g/mol. The number of benzene rings is 2. The molecule has 0 aromatic heterocycles. The number of rotatable bonds is 5. The van der Waals surface area contributed by atoms with Crippen molar-refractivity contribution in [2.24, 2.45) is 0 Å². The number of hydrogen-bond donors (Lipinski definition) is 2. The van der Waals surface area contributed by atoms with Crippen LogP contribution in [0.4, 0.5) is 13.2 Å². The summed E-state index contributed by atoms with van der Waals surface area (Å²) in [5.41, 5.74) is 1.24. The van der Waals surface area contributed by atoms with E-state index in [0.717, 1.165) is 17.7 Å². The van der Waals surface area contributed by atoms with Crippen molar-refractivity contribution in [1.82, 2.24) is 5.32 Å². The van der Waals surface area contributed by atoms with Crippen molar-refractivity contribution >= 4 is 0 Å². The third-order valence-corrected chi connectivity index (χ3v) is 3.24. The van der Waals surface area contributed by atoms with Gasteiger partial charge in [-0.3, -0.25) is 0 Å². The van der Waals surface area contributed by atoms with Gasteiger partial charge < -0.3 is 10.4 Å². The number of phenols is 1. The highest BCUT2D eigenvalue weighted by Gasteiger charge is 2.17. The predicted octanol–water partition coefficient (Wildman–Crippen LogP) is 3.70. The molecule has 21 heavy (non-hydrogen) atoms. The standard InChI is InChI=1S/C16H16F3NO/c1-2-20-15(7-10-3-5-12(21)6-4-10)11-8-13(17)16(19)14(18)9-11/h3-6,8-9,15,20-21H,2,7H2,1H3. The first-order chi connectivity index (χ1) is 10.0. The Labute approximate surface area is 121 Å². The minimum absolute atomic E-state index is 0.151. The van der Waals surface area contributed by atoms with Gasteiger partial charge in [0.1, 0.15) is 5.75 Å². The molecule has 1 atom stereocenters. The quantitative estimate of drug-likeness (QED) is 0.824. The smallest absolute Gasteiger partial charge is 0.194 e. The first-order valence-electron chi connectivity index (χ1n) is 6.67. The molecule has 0 aliphatic carbocycles. The summed E-state index contributed by atoms with van der Waals surface area (Å²) in [6, 6.07) is 8.22. The second kappa shape index (κ2) is 6.63. The van der Waals surface area contributed by atoms with E-state index in [1.54, 1.807) is 24.3 Å². The van der Waals surface area contributed by atoms with E-state index < -0.39 is 17.5 Å². The fourth-order valence-corrected chi connectivity index (χ4v) is 2.20. The fraction of sp³-hybridized carbons (Fsp3) is 0.250. The van der Waals surface area contributed by atoms with Crippen LogP contribution in [0, 0.1) is 17.5 Å². The summed E-state index contributed by atoms with van der Waals surface area (Å²) < 4.78 is 39.7. The van der Waals surface area contributed by atoms with E-state index in [1.165, 1.54) is 0 Å². The van der Waals surface area contributed by atoms with Gasteiger partial charge >= 0.3 is 0 Å². The van der Waals surface area contributed by atoms with Crippen LogP contribution >= 0.6 is 0 Å². The normalized spacial score (nSPS) is 12.4. The van der Waals surface area contributed by atoms with E-state index in [9.17, 15) is 18.3 Å². The highest BCUT2D eigenvalue weighted by atomic mass is 19.2. The largest absolute Gasteiger partial charge is 0.508 e. The van der Waals surface area contributed by atoms with Crippen molar-refractivity contribution in [3.8, 4) is 5.75 Å². The zero-order chi connectivity index (χ0) is 15.4. The van der Waals surface area contributed by atoms with Crippen molar-refractivity contribution < 1.29 is 18.3 Å². The Morgan fingerprint density at radius 2 is 1.62 bits per heavy atom. The topological polar surface area (TPSA) is 32.3 Å². The molecule has 0 amide bonds. The maximum absolute atomic E-state index is 13.4. The molecule has 0 fully saturated rings. The van der Waals surface area contributed by atoms with Crippen LogP contribution in [0.15, 0.2) is 36.4 Å². The second-order valence-corrected chi connectivity index (χ2v) is 4.78. The van der Waals surface area contributed by atoms with Crippen LogP contribution < -0.4 is 5.32 Å². The number of hydrogen-bond acceptors (Lipinski definition) is 2. The maximum atomic E-state index is 13.4. The summed E-state index contributed by atoms with van der Waals surface area (Å²) in [6.45, 7) is 2.48. The van der Waals surface area contributed by atoms with Gasteiger partial charge in [-0.15, -0.1) is 0 Å². The first-order valence-corrected chi connectivity index (χ1v) is 6.67. The summed E-state index contributed by atoms with van der Waals surface area (Å²) in [5, 5.41) is 12.4. The molecule has 0 spiro atoms. The number of likely N-dealkylation sites (N-methyl/N-ethyl adjacent to an activating group) is 1. The molecule has 0 aliphatic heterocycles. The third kappa shape index (κ3) is 3.76. The number of halogens is 3. The van der Waals surface area contributed by atoms with E-state index in [4.69, 9.17) is 0 Å². The number of nitrogens with one attached hydrogen (secondary N) is 1. The molecular weight excluding hydrogens is 279 g/mol. The lowest BCUT2D eigenvalue weighted by molar-refractivity contribution is 0.439. The first kappa shape index (κ1) is 15.4. The Morgan fingerprint density at radius 1 is 1.05 bits per heavy atom. The third-order valence-electron chi connectivity index (χ3n) is 3.24. The Bertz CT molecular complexity index is 590. The zero-order valence-corrected chi connectivity index (χ0v) is 11.5. The van der Waals surface area contributed by atoms with Gasteiger partial charge in [0, 0.05) is 6.04 Å². The zero-order valence-electron chi connectivity index (χ0n) is 11.5. The highest BCUT2D eigenvalue weighted by Crippen LogP contribution is 2.23. The molecule has 0 radical (unpaired) electrons. The van der Waals surface area contributed by atoms with Crippen molar-refractivity contribution in [1.29, 1.82) is 0 Å². The van der Waals surface area contributed by atoms with Crippen LogP contribution in [-0.4, -0.2) is 11.7 Å². The Morgan fingerprint density at radius 3 is 2.14 bits per heavy atom. The van der Waals surface area contributed by atoms with Crippen molar-refractivity contribution in [2.45, 2.75) is 19.4 Å². The summed E-state index contributed by atoms with van der Waals surface area (Å²) in [6.07, 6.45) is 0.471. The molecule has 2 rings (SSSR count). The monoisotopic (exact) mass is 295 g/mol. The minimum Gasteiger partial charge on any atom is -0.508 e. The van der Waals surface area contributed by atoms with E-state index in [0.29, 0.717) is 18.5 Å². The van der Waals surface area contributed by atoms with Crippen LogP contribution in [0.25, 0.3) is 0 Å². The molecule has 1 unspecified atom stereocenters. The SMILES string of the molecule is CCNC(Cc1ccc(O)cc1)c1cc(F)c(F)c(F)c1. The van der Waals surface area contributed by atoms with Crippen LogP contribution in [-0.2, 0) is 6.42 Å². The van der Waals surface area contributed by atoms with E-state index >= 15 is 0 Å². The van der Waals surface area contributed by atoms with Gasteiger partial charge in [-0.25, -0.2) is 13.2 Å². The number of phenolic OH excluding ortho intramolecular Hbond substituents is 1. The molecular formula is C16H16F3NO. The van der Waals surface area contributed by atoms with Crippen LogP contribution in [0.3, 0.4) is 0 Å². The van der Waals surface area contributed by atoms with Gasteiger partial charge in [-0.2, -0.15) is 0 Å². The summed E-state index contributed by atoms with van der Waals surface area (Å²) >= 11 is 0. The van der Waals surface area contributed by atoms with Crippen LogP contribution in [0.5, 0.6) is 5.75 Å². The van der Waals surface area contributed by atoms with Gasteiger partial charge in [0.05, 0.1) is 0 Å². The summed E-state index contributed by atoms with van der Waals surface area (Å²) in [7, 11) is 0. The Hall–Kier alpha value is -2.01. The van der Waals surface area contributed by atoms with Gasteiger partial charge in [-0.1, -0.05) is 19.1 Å². The van der Waals surface area contributed by atoms with Gasteiger partial charge in [-0.05, 0) is 48.4 Å².